The first-order valence-electron chi connectivity index (χ1n) is 7.65. The van der Waals surface area contributed by atoms with Gasteiger partial charge < -0.3 is 9.84 Å². The van der Waals surface area contributed by atoms with E-state index in [4.69, 9.17) is 9.84 Å². The smallest absolute Gasteiger partial charge is 0.416 e. The Bertz CT molecular complexity index is 560. The molecule has 0 fully saturated rings. The van der Waals surface area contributed by atoms with Crippen LogP contribution in [0.4, 0.5) is 23.7 Å². The third kappa shape index (κ3) is 3.96. The first-order chi connectivity index (χ1) is 10.9. The summed E-state index contributed by atoms with van der Waals surface area (Å²) >= 11 is 0. The third-order valence-corrected chi connectivity index (χ3v) is 3.97. The molecule has 1 aliphatic heterocycles. The Balaban J connectivity index is 2.29. The van der Waals surface area contributed by atoms with E-state index in [9.17, 15) is 18.0 Å². The van der Waals surface area contributed by atoms with Gasteiger partial charge in [0.1, 0.15) is 0 Å². The number of nitrogens with zero attached hydrogens (tertiary/aromatic N) is 1. The van der Waals surface area contributed by atoms with Crippen LogP contribution in [0.1, 0.15) is 37.3 Å². The summed E-state index contributed by atoms with van der Waals surface area (Å²) in [5, 5.41) is 8.74. The van der Waals surface area contributed by atoms with E-state index in [1.807, 2.05) is 6.92 Å². The van der Waals surface area contributed by atoms with E-state index < -0.39 is 17.8 Å². The maximum absolute atomic E-state index is 12.8. The van der Waals surface area contributed by atoms with Crippen molar-refractivity contribution < 1.29 is 27.8 Å². The van der Waals surface area contributed by atoms with Crippen LogP contribution in [0.2, 0.25) is 0 Å². The number of carbonyl (C=O) groups excluding carboxylic acids is 1. The zero-order valence-corrected chi connectivity index (χ0v) is 12.9. The lowest BCUT2D eigenvalue weighted by atomic mass is 9.93. The van der Waals surface area contributed by atoms with E-state index in [2.05, 4.69) is 0 Å². The minimum Gasteiger partial charge on any atom is -0.449 e. The fourth-order valence-corrected chi connectivity index (χ4v) is 2.77. The standard InChI is InChI=1S/C16H20F3NO3/c1-2-13-6-4-11-10-12(16(17,18)19)5-7-14(11)20(13)15(22)23-9-3-8-21/h5,7,10,13,21H,2-4,6,8-9H2,1H3. The summed E-state index contributed by atoms with van der Waals surface area (Å²) in [6, 6.07) is 3.34. The van der Waals surface area contributed by atoms with E-state index in [0.29, 0.717) is 36.9 Å². The number of aliphatic hydroxyl groups is 1. The maximum Gasteiger partial charge on any atom is 0.416 e. The Morgan fingerprint density at radius 3 is 2.78 bits per heavy atom. The highest BCUT2D eigenvalue weighted by Crippen LogP contribution is 2.37. The first kappa shape index (κ1) is 17.6. The van der Waals surface area contributed by atoms with Crippen LogP contribution in [-0.2, 0) is 17.3 Å². The SMILES string of the molecule is CCC1CCc2cc(C(F)(F)F)ccc2N1C(=O)OCCCO. The summed E-state index contributed by atoms with van der Waals surface area (Å²) in [5.74, 6) is 0. The number of benzene rings is 1. The Kier molecular flexibility index (Phi) is 5.51. The number of halogens is 3. The molecule has 1 N–H and O–H groups in total. The summed E-state index contributed by atoms with van der Waals surface area (Å²) in [6.45, 7) is 1.92. The van der Waals surface area contributed by atoms with Crippen molar-refractivity contribution in [3.05, 3.63) is 29.3 Å². The molecule has 1 aliphatic rings. The van der Waals surface area contributed by atoms with Crippen molar-refractivity contribution in [3.8, 4) is 0 Å². The molecular weight excluding hydrogens is 311 g/mol. The molecule has 1 atom stereocenters. The zero-order chi connectivity index (χ0) is 17.0. The highest BCUT2D eigenvalue weighted by Gasteiger charge is 2.35. The monoisotopic (exact) mass is 331 g/mol. The van der Waals surface area contributed by atoms with Gasteiger partial charge in [-0.3, -0.25) is 4.90 Å². The fraction of sp³-hybridized carbons (Fsp3) is 0.562. The van der Waals surface area contributed by atoms with Crippen molar-refractivity contribution in [2.45, 2.75) is 44.8 Å². The largest absolute Gasteiger partial charge is 0.449 e. The van der Waals surface area contributed by atoms with Crippen LogP contribution in [0, 0.1) is 0 Å². The minimum atomic E-state index is -4.40. The Labute approximate surface area is 132 Å². The van der Waals surface area contributed by atoms with Crippen molar-refractivity contribution >= 4 is 11.8 Å². The van der Waals surface area contributed by atoms with Gasteiger partial charge in [0, 0.05) is 19.1 Å². The maximum atomic E-state index is 12.8. The van der Waals surface area contributed by atoms with Crippen molar-refractivity contribution in [1.82, 2.24) is 0 Å². The van der Waals surface area contributed by atoms with Crippen molar-refractivity contribution in [1.29, 1.82) is 0 Å². The minimum absolute atomic E-state index is 0.0816. The predicted octanol–water partition coefficient (Wildman–Crippen LogP) is 3.76. The van der Waals surface area contributed by atoms with Gasteiger partial charge in [-0.2, -0.15) is 13.2 Å². The number of hydrogen-bond donors (Lipinski definition) is 1. The lowest BCUT2D eigenvalue weighted by Gasteiger charge is -2.36. The number of aryl methyl sites for hydroxylation is 1. The number of carbonyl (C=O) groups is 1. The van der Waals surface area contributed by atoms with Gasteiger partial charge in [0.15, 0.2) is 0 Å². The van der Waals surface area contributed by atoms with Crippen molar-refractivity contribution in [2.24, 2.45) is 0 Å². The summed E-state index contributed by atoms with van der Waals surface area (Å²) < 4.78 is 43.6. The van der Waals surface area contributed by atoms with Gasteiger partial charge in [-0.15, -0.1) is 0 Å². The summed E-state index contributed by atoms with van der Waals surface area (Å²) in [7, 11) is 0. The molecule has 0 aromatic heterocycles. The highest BCUT2D eigenvalue weighted by atomic mass is 19.4. The van der Waals surface area contributed by atoms with Gasteiger partial charge >= 0.3 is 12.3 Å². The number of anilines is 1. The van der Waals surface area contributed by atoms with Gasteiger partial charge in [0.2, 0.25) is 0 Å². The molecule has 1 amide bonds. The highest BCUT2D eigenvalue weighted by molar-refractivity contribution is 5.90. The molecule has 0 bridgehead atoms. The van der Waals surface area contributed by atoms with E-state index in [0.717, 1.165) is 12.1 Å². The van der Waals surface area contributed by atoms with Crippen molar-refractivity contribution in [3.63, 3.8) is 0 Å². The van der Waals surface area contributed by atoms with Crippen LogP contribution in [0.5, 0.6) is 0 Å². The Morgan fingerprint density at radius 1 is 1.43 bits per heavy atom. The summed E-state index contributed by atoms with van der Waals surface area (Å²) in [5.41, 5.74) is 0.272. The molecule has 128 valence electrons. The second kappa shape index (κ2) is 7.21. The molecule has 1 unspecified atom stereocenters. The third-order valence-electron chi connectivity index (χ3n) is 3.97. The predicted molar refractivity (Wildman–Crippen MR) is 79.4 cm³/mol. The lowest BCUT2D eigenvalue weighted by molar-refractivity contribution is -0.137. The molecule has 2 rings (SSSR count). The number of rotatable bonds is 4. The van der Waals surface area contributed by atoms with E-state index >= 15 is 0 Å². The molecule has 0 aliphatic carbocycles. The number of amides is 1. The second-order valence-corrected chi connectivity index (χ2v) is 5.50. The average Bonchev–Trinajstić information content (AvgIpc) is 2.52. The molecule has 1 aromatic rings. The molecule has 4 nitrogen and oxygen atoms in total. The number of ether oxygens (including phenoxy) is 1. The molecule has 0 saturated heterocycles. The normalized spacial score (nSPS) is 17.8. The Morgan fingerprint density at radius 2 is 2.17 bits per heavy atom. The summed E-state index contributed by atoms with van der Waals surface area (Å²) in [6.07, 6.45) is -2.86. The summed E-state index contributed by atoms with van der Waals surface area (Å²) in [4.78, 5) is 13.7. The van der Waals surface area contributed by atoms with E-state index in [1.54, 1.807) is 0 Å². The van der Waals surface area contributed by atoms with E-state index in [-0.39, 0.29) is 19.3 Å². The molecule has 0 spiro atoms. The number of aliphatic hydroxyl groups excluding tert-OH is 1. The van der Waals surface area contributed by atoms with Crippen LogP contribution in [0.25, 0.3) is 0 Å². The number of fused-ring (bicyclic) bond motifs is 1. The fourth-order valence-electron chi connectivity index (χ4n) is 2.77. The van der Waals surface area contributed by atoms with Gasteiger partial charge in [-0.1, -0.05) is 6.92 Å². The average molecular weight is 331 g/mol. The number of hydrogen-bond acceptors (Lipinski definition) is 3. The molecule has 1 aromatic carbocycles. The first-order valence-corrected chi connectivity index (χ1v) is 7.65. The lowest BCUT2D eigenvalue weighted by Crippen LogP contribution is -2.44. The second-order valence-electron chi connectivity index (χ2n) is 5.50. The number of alkyl halides is 3. The van der Waals surface area contributed by atoms with Gasteiger partial charge in [0.25, 0.3) is 0 Å². The van der Waals surface area contributed by atoms with Gasteiger partial charge in [-0.25, -0.2) is 4.79 Å². The molecule has 0 radical (unpaired) electrons. The molecule has 23 heavy (non-hydrogen) atoms. The van der Waals surface area contributed by atoms with Crippen LogP contribution < -0.4 is 4.90 Å². The molecule has 7 heteroatoms. The molecular formula is C16H20F3NO3. The quantitative estimate of drug-likeness (QED) is 0.855. The molecule has 0 saturated carbocycles. The van der Waals surface area contributed by atoms with Gasteiger partial charge in [-0.05, 0) is 43.0 Å². The van der Waals surface area contributed by atoms with Crippen LogP contribution in [0.3, 0.4) is 0 Å². The topological polar surface area (TPSA) is 49.8 Å². The Hall–Kier alpha value is -1.76. The molecule has 1 heterocycles. The van der Waals surface area contributed by atoms with Crippen LogP contribution in [-0.4, -0.2) is 30.5 Å². The van der Waals surface area contributed by atoms with E-state index in [1.165, 1.54) is 11.0 Å². The zero-order valence-electron chi connectivity index (χ0n) is 12.9. The van der Waals surface area contributed by atoms with Gasteiger partial charge in [0.05, 0.1) is 17.9 Å². The van der Waals surface area contributed by atoms with Crippen LogP contribution >= 0.6 is 0 Å². The van der Waals surface area contributed by atoms with Crippen LogP contribution in [0.15, 0.2) is 18.2 Å². The van der Waals surface area contributed by atoms with Crippen molar-refractivity contribution in [2.75, 3.05) is 18.1 Å².